The van der Waals surface area contributed by atoms with Crippen molar-refractivity contribution in [2.24, 2.45) is 0 Å². The Labute approximate surface area is 121 Å². The standard InChI is InChI=1S/C14H13Cl2NO2/c1-2-18-10-6-9(17)7-11(8-10)19-13-5-3-4-12(15)14(13)16/h3-8H,2,17H2,1H3. The predicted molar refractivity (Wildman–Crippen MR) is 78.6 cm³/mol. The Hall–Kier alpha value is -1.58. The Bertz CT molecular complexity index is 588. The van der Waals surface area contributed by atoms with Gasteiger partial charge in [0, 0.05) is 23.9 Å². The van der Waals surface area contributed by atoms with Crippen LogP contribution >= 0.6 is 23.2 Å². The maximum atomic E-state index is 6.06. The molecule has 0 radical (unpaired) electrons. The van der Waals surface area contributed by atoms with Gasteiger partial charge in [-0.3, -0.25) is 0 Å². The summed E-state index contributed by atoms with van der Waals surface area (Å²) in [7, 11) is 0. The summed E-state index contributed by atoms with van der Waals surface area (Å²) in [4.78, 5) is 0. The number of halogens is 2. The lowest BCUT2D eigenvalue weighted by atomic mass is 10.3. The molecule has 2 rings (SSSR count). The average Bonchev–Trinajstić information content (AvgIpc) is 2.35. The highest BCUT2D eigenvalue weighted by Crippen LogP contribution is 2.36. The first kappa shape index (κ1) is 13.8. The molecule has 2 aromatic carbocycles. The molecule has 2 N–H and O–H groups in total. The minimum atomic E-state index is 0.365. The van der Waals surface area contributed by atoms with Crippen molar-refractivity contribution in [3.8, 4) is 17.2 Å². The van der Waals surface area contributed by atoms with E-state index < -0.39 is 0 Å². The maximum absolute atomic E-state index is 6.06. The van der Waals surface area contributed by atoms with Crippen molar-refractivity contribution in [1.82, 2.24) is 0 Å². The van der Waals surface area contributed by atoms with Gasteiger partial charge in [0.2, 0.25) is 0 Å². The summed E-state index contributed by atoms with van der Waals surface area (Å²) in [6.07, 6.45) is 0. The van der Waals surface area contributed by atoms with E-state index in [4.69, 9.17) is 38.4 Å². The molecule has 0 atom stereocenters. The minimum absolute atomic E-state index is 0.365. The first-order valence-corrected chi connectivity index (χ1v) is 6.51. The van der Waals surface area contributed by atoms with E-state index in [1.165, 1.54) is 0 Å². The molecule has 2 aromatic rings. The van der Waals surface area contributed by atoms with Gasteiger partial charge in [-0.05, 0) is 19.1 Å². The second-order valence-electron chi connectivity index (χ2n) is 3.82. The number of anilines is 1. The van der Waals surface area contributed by atoms with Crippen molar-refractivity contribution in [2.45, 2.75) is 6.92 Å². The minimum Gasteiger partial charge on any atom is -0.494 e. The zero-order chi connectivity index (χ0) is 13.8. The molecule has 5 heteroatoms. The SMILES string of the molecule is CCOc1cc(N)cc(Oc2cccc(Cl)c2Cl)c1. The van der Waals surface area contributed by atoms with E-state index in [2.05, 4.69) is 0 Å². The molecular formula is C14H13Cl2NO2. The molecule has 0 amide bonds. The van der Waals surface area contributed by atoms with Crippen LogP contribution in [-0.4, -0.2) is 6.61 Å². The summed E-state index contributed by atoms with van der Waals surface area (Å²) >= 11 is 12.0. The van der Waals surface area contributed by atoms with E-state index in [1.54, 1.807) is 36.4 Å². The van der Waals surface area contributed by atoms with E-state index in [-0.39, 0.29) is 0 Å². The Balaban J connectivity index is 2.30. The number of hydrogen-bond acceptors (Lipinski definition) is 3. The first-order valence-electron chi connectivity index (χ1n) is 5.75. The van der Waals surface area contributed by atoms with Crippen LogP contribution in [0.4, 0.5) is 5.69 Å². The van der Waals surface area contributed by atoms with Crippen LogP contribution in [0, 0.1) is 0 Å². The van der Waals surface area contributed by atoms with Crippen molar-refractivity contribution >= 4 is 28.9 Å². The van der Waals surface area contributed by atoms with Crippen LogP contribution in [0.1, 0.15) is 6.92 Å². The average molecular weight is 298 g/mol. The van der Waals surface area contributed by atoms with Gasteiger partial charge >= 0.3 is 0 Å². The van der Waals surface area contributed by atoms with Crippen molar-refractivity contribution in [1.29, 1.82) is 0 Å². The maximum Gasteiger partial charge on any atom is 0.147 e. The summed E-state index contributed by atoms with van der Waals surface area (Å²) in [6, 6.07) is 10.4. The summed E-state index contributed by atoms with van der Waals surface area (Å²) in [5.74, 6) is 1.67. The van der Waals surface area contributed by atoms with Gasteiger partial charge in [0.1, 0.15) is 22.3 Å². The Morgan fingerprint density at radius 1 is 1.11 bits per heavy atom. The lowest BCUT2D eigenvalue weighted by Gasteiger charge is -2.11. The van der Waals surface area contributed by atoms with Gasteiger partial charge < -0.3 is 15.2 Å². The topological polar surface area (TPSA) is 44.5 Å². The molecule has 0 spiro atoms. The second-order valence-corrected chi connectivity index (χ2v) is 4.61. The van der Waals surface area contributed by atoms with E-state index in [9.17, 15) is 0 Å². The van der Waals surface area contributed by atoms with Gasteiger partial charge in [-0.25, -0.2) is 0 Å². The molecule has 19 heavy (non-hydrogen) atoms. The Morgan fingerprint density at radius 3 is 2.58 bits per heavy atom. The summed E-state index contributed by atoms with van der Waals surface area (Å²) < 4.78 is 11.1. The molecule has 0 heterocycles. The number of benzene rings is 2. The number of nitrogen functional groups attached to an aromatic ring is 1. The van der Waals surface area contributed by atoms with Crippen molar-refractivity contribution in [3.63, 3.8) is 0 Å². The third-order valence-electron chi connectivity index (χ3n) is 2.36. The highest BCUT2D eigenvalue weighted by molar-refractivity contribution is 6.42. The van der Waals surface area contributed by atoms with Crippen LogP contribution in [0.5, 0.6) is 17.2 Å². The van der Waals surface area contributed by atoms with Crippen LogP contribution in [0.3, 0.4) is 0 Å². The monoisotopic (exact) mass is 297 g/mol. The molecule has 0 aromatic heterocycles. The quantitative estimate of drug-likeness (QED) is 0.827. The van der Waals surface area contributed by atoms with E-state index in [1.807, 2.05) is 6.92 Å². The lowest BCUT2D eigenvalue weighted by Crippen LogP contribution is -1.95. The van der Waals surface area contributed by atoms with E-state index in [0.717, 1.165) is 0 Å². The number of hydrogen-bond donors (Lipinski definition) is 1. The van der Waals surface area contributed by atoms with Crippen LogP contribution in [0.15, 0.2) is 36.4 Å². The van der Waals surface area contributed by atoms with Gasteiger partial charge in [0.15, 0.2) is 0 Å². The smallest absolute Gasteiger partial charge is 0.147 e. The van der Waals surface area contributed by atoms with E-state index in [0.29, 0.717) is 39.6 Å². The highest BCUT2D eigenvalue weighted by atomic mass is 35.5. The molecular weight excluding hydrogens is 285 g/mol. The third kappa shape index (κ3) is 3.46. The molecule has 0 saturated carbocycles. The fourth-order valence-electron chi connectivity index (χ4n) is 1.59. The molecule has 100 valence electrons. The number of rotatable bonds is 4. The second kappa shape index (κ2) is 6.04. The third-order valence-corrected chi connectivity index (χ3v) is 3.16. The van der Waals surface area contributed by atoms with Gasteiger partial charge in [-0.1, -0.05) is 29.3 Å². The summed E-state index contributed by atoms with van der Waals surface area (Å²) in [5.41, 5.74) is 6.35. The van der Waals surface area contributed by atoms with Gasteiger partial charge in [-0.15, -0.1) is 0 Å². The largest absolute Gasteiger partial charge is 0.494 e. The lowest BCUT2D eigenvalue weighted by molar-refractivity contribution is 0.338. The zero-order valence-corrected chi connectivity index (χ0v) is 11.8. The highest BCUT2D eigenvalue weighted by Gasteiger charge is 2.08. The van der Waals surface area contributed by atoms with Crippen LogP contribution < -0.4 is 15.2 Å². The van der Waals surface area contributed by atoms with Gasteiger partial charge in [0.05, 0.1) is 11.6 Å². The fraction of sp³-hybridized carbons (Fsp3) is 0.143. The van der Waals surface area contributed by atoms with Gasteiger partial charge in [0.25, 0.3) is 0 Å². The van der Waals surface area contributed by atoms with E-state index >= 15 is 0 Å². The van der Waals surface area contributed by atoms with Crippen LogP contribution in [-0.2, 0) is 0 Å². The predicted octanol–water partition coefficient (Wildman–Crippen LogP) is 4.77. The molecule has 0 aliphatic carbocycles. The molecule has 3 nitrogen and oxygen atoms in total. The molecule has 0 unspecified atom stereocenters. The molecule has 0 saturated heterocycles. The van der Waals surface area contributed by atoms with Crippen molar-refractivity contribution in [3.05, 3.63) is 46.4 Å². The number of ether oxygens (including phenoxy) is 2. The number of nitrogens with two attached hydrogens (primary N) is 1. The van der Waals surface area contributed by atoms with Crippen molar-refractivity contribution in [2.75, 3.05) is 12.3 Å². The first-order chi connectivity index (χ1) is 9.10. The van der Waals surface area contributed by atoms with Crippen LogP contribution in [0.25, 0.3) is 0 Å². The Morgan fingerprint density at radius 2 is 1.84 bits per heavy atom. The summed E-state index contributed by atoms with van der Waals surface area (Å²) in [5, 5.41) is 0.803. The molecule has 0 bridgehead atoms. The summed E-state index contributed by atoms with van der Waals surface area (Å²) in [6.45, 7) is 2.46. The Kier molecular flexibility index (Phi) is 4.40. The zero-order valence-electron chi connectivity index (χ0n) is 10.3. The molecule has 0 aliphatic heterocycles. The van der Waals surface area contributed by atoms with Gasteiger partial charge in [-0.2, -0.15) is 0 Å². The molecule has 0 aliphatic rings. The van der Waals surface area contributed by atoms with Crippen LogP contribution in [0.2, 0.25) is 10.0 Å². The van der Waals surface area contributed by atoms with Crippen molar-refractivity contribution < 1.29 is 9.47 Å². The fourth-order valence-corrected chi connectivity index (χ4v) is 1.92. The molecule has 0 fully saturated rings. The normalized spacial score (nSPS) is 10.3.